The Balaban J connectivity index is 1.71. The van der Waals surface area contributed by atoms with E-state index in [1.165, 1.54) is 6.42 Å². The Bertz CT molecular complexity index is 667. The summed E-state index contributed by atoms with van der Waals surface area (Å²) < 4.78 is 0. The second-order valence-electron chi connectivity index (χ2n) is 6.35. The molecule has 24 heavy (non-hydrogen) atoms. The summed E-state index contributed by atoms with van der Waals surface area (Å²) in [5, 5.41) is 3.82. The minimum Gasteiger partial charge on any atom is -0.355 e. The van der Waals surface area contributed by atoms with E-state index in [4.69, 9.17) is 11.6 Å². The van der Waals surface area contributed by atoms with Crippen LogP contribution in [0.3, 0.4) is 0 Å². The minimum absolute atomic E-state index is 0.119. The first-order chi connectivity index (χ1) is 11.7. The summed E-state index contributed by atoms with van der Waals surface area (Å²) in [5.41, 5.74) is 1.54. The fraction of sp³-hybridized carbons (Fsp3) is 0.421. The van der Waals surface area contributed by atoms with Gasteiger partial charge in [0.25, 0.3) is 0 Å². The van der Waals surface area contributed by atoms with Gasteiger partial charge in [-0.25, -0.2) is 0 Å². The lowest BCUT2D eigenvalue weighted by molar-refractivity contribution is -0.128. The summed E-state index contributed by atoms with van der Waals surface area (Å²) in [6.07, 6.45) is 10.9. The molecule has 1 aliphatic carbocycles. The van der Waals surface area contributed by atoms with Gasteiger partial charge in [-0.15, -0.1) is 0 Å². The van der Waals surface area contributed by atoms with Crippen LogP contribution in [-0.2, 0) is 16.6 Å². The Kier molecular flexibility index (Phi) is 5.46. The maximum Gasteiger partial charge on any atom is 0.230 e. The Labute approximate surface area is 147 Å². The predicted molar refractivity (Wildman–Crippen MR) is 95.0 cm³/mol. The van der Waals surface area contributed by atoms with Crippen molar-refractivity contribution in [2.75, 3.05) is 6.54 Å². The van der Waals surface area contributed by atoms with Crippen molar-refractivity contribution in [3.63, 3.8) is 0 Å². The molecule has 0 bridgehead atoms. The quantitative estimate of drug-likeness (QED) is 0.900. The largest absolute Gasteiger partial charge is 0.355 e. The Morgan fingerprint density at radius 2 is 1.88 bits per heavy atom. The SMILES string of the molecule is O=C(NCCc1cnccn1)C1(c2ccc(Cl)cc2)CCCCC1. The maximum absolute atomic E-state index is 13.0. The minimum atomic E-state index is -0.425. The Morgan fingerprint density at radius 3 is 2.54 bits per heavy atom. The monoisotopic (exact) mass is 343 g/mol. The molecule has 1 amide bonds. The zero-order valence-corrected chi connectivity index (χ0v) is 14.4. The van der Waals surface area contributed by atoms with Crippen molar-refractivity contribution in [2.45, 2.75) is 43.9 Å². The van der Waals surface area contributed by atoms with Gasteiger partial charge in [0, 0.05) is 36.6 Å². The first-order valence-corrected chi connectivity index (χ1v) is 8.88. The highest BCUT2D eigenvalue weighted by molar-refractivity contribution is 6.30. The van der Waals surface area contributed by atoms with Gasteiger partial charge < -0.3 is 5.32 Å². The molecule has 3 rings (SSSR count). The highest BCUT2D eigenvalue weighted by Gasteiger charge is 2.40. The highest BCUT2D eigenvalue weighted by Crippen LogP contribution is 2.40. The van der Waals surface area contributed by atoms with E-state index in [1.807, 2.05) is 24.3 Å². The summed E-state index contributed by atoms with van der Waals surface area (Å²) in [6.45, 7) is 0.576. The molecule has 4 nitrogen and oxygen atoms in total. The number of carbonyl (C=O) groups excluding carboxylic acids is 1. The van der Waals surface area contributed by atoms with Crippen LogP contribution in [-0.4, -0.2) is 22.4 Å². The van der Waals surface area contributed by atoms with Gasteiger partial charge in [0.15, 0.2) is 0 Å². The van der Waals surface area contributed by atoms with Crippen LogP contribution in [0.5, 0.6) is 0 Å². The molecule has 0 radical (unpaired) electrons. The van der Waals surface area contributed by atoms with E-state index in [9.17, 15) is 4.79 Å². The van der Waals surface area contributed by atoms with E-state index in [1.54, 1.807) is 18.6 Å². The van der Waals surface area contributed by atoms with Gasteiger partial charge in [0.1, 0.15) is 0 Å². The molecule has 0 spiro atoms. The zero-order chi connectivity index (χ0) is 16.8. The van der Waals surface area contributed by atoms with E-state index in [0.29, 0.717) is 18.0 Å². The molecule has 0 aliphatic heterocycles. The van der Waals surface area contributed by atoms with Crippen LogP contribution in [0.1, 0.15) is 43.4 Å². The number of nitrogens with zero attached hydrogens (tertiary/aromatic N) is 2. The number of nitrogens with one attached hydrogen (secondary N) is 1. The smallest absolute Gasteiger partial charge is 0.230 e. The average Bonchev–Trinajstić information content (AvgIpc) is 2.63. The molecule has 1 saturated carbocycles. The zero-order valence-electron chi connectivity index (χ0n) is 13.7. The number of benzene rings is 1. The Hall–Kier alpha value is -1.94. The lowest BCUT2D eigenvalue weighted by atomic mass is 9.68. The third-order valence-corrected chi connectivity index (χ3v) is 5.07. The molecule has 1 N–H and O–H groups in total. The van der Waals surface area contributed by atoms with Crippen LogP contribution in [0.15, 0.2) is 42.9 Å². The number of amides is 1. The molecule has 1 heterocycles. The number of rotatable bonds is 5. The summed E-state index contributed by atoms with van der Waals surface area (Å²) >= 11 is 6.01. The number of carbonyl (C=O) groups is 1. The van der Waals surface area contributed by atoms with Gasteiger partial charge in [0.2, 0.25) is 5.91 Å². The van der Waals surface area contributed by atoms with Crippen LogP contribution in [0.2, 0.25) is 5.02 Å². The predicted octanol–water partition coefficient (Wildman–Crippen LogP) is 3.69. The van der Waals surface area contributed by atoms with Crippen molar-refractivity contribution in [3.05, 3.63) is 59.1 Å². The lowest BCUT2D eigenvalue weighted by Gasteiger charge is -2.36. The molecule has 0 unspecified atom stereocenters. The molecule has 2 aromatic rings. The van der Waals surface area contributed by atoms with E-state index in [2.05, 4.69) is 15.3 Å². The summed E-state index contributed by atoms with van der Waals surface area (Å²) in [4.78, 5) is 21.3. The van der Waals surface area contributed by atoms with Crippen LogP contribution >= 0.6 is 11.6 Å². The van der Waals surface area contributed by atoms with Crippen molar-refractivity contribution >= 4 is 17.5 Å². The second kappa shape index (κ2) is 7.75. The number of aromatic nitrogens is 2. The third-order valence-electron chi connectivity index (χ3n) is 4.82. The molecule has 1 aromatic heterocycles. The van der Waals surface area contributed by atoms with Gasteiger partial charge in [0.05, 0.1) is 11.1 Å². The molecule has 1 aliphatic rings. The van der Waals surface area contributed by atoms with Gasteiger partial charge in [-0.05, 0) is 30.5 Å². The molecule has 0 saturated heterocycles. The summed E-state index contributed by atoms with van der Waals surface area (Å²) in [5.74, 6) is 0.119. The van der Waals surface area contributed by atoms with Crippen LogP contribution < -0.4 is 5.32 Å². The second-order valence-corrected chi connectivity index (χ2v) is 6.79. The van der Waals surface area contributed by atoms with Crippen LogP contribution in [0, 0.1) is 0 Å². The highest BCUT2D eigenvalue weighted by atomic mass is 35.5. The molecular formula is C19H22ClN3O. The summed E-state index contributed by atoms with van der Waals surface area (Å²) in [7, 11) is 0. The molecular weight excluding hydrogens is 322 g/mol. The molecule has 0 atom stereocenters. The molecule has 126 valence electrons. The van der Waals surface area contributed by atoms with E-state index < -0.39 is 5.41 Å². The first kappa shape index (κ1) is 16.9. The van der Waals surface area contributed by atoms with E-state index in [0.717, 1.165) is 36.9 Å². The fourth-order valence-corrected chi connectivity index (χ4v) is 3.63. The molecule has 1 aromatic carbocycles. The number of hydrogen-bond donors (Lipinski definition) is 1. The van der Waals surface area contributed by atoms with Crippen LogP contribution in [0.4, 0.5) is 0 Å². The standard InChI is InChI=1S/C19H22ClN3O/c20-16-6-4-15(5-7-16)19(9-2-1-3-10-19)18(24)23-11-8-17-14-21-12-13-22-17/h4-7,12-14H,1-3,8-11H2,(H,23,24). The number of halogens is 1. The van der Waals surface area contributed by atoms with Gasteiger partial charge in [-0.3, -0.25) is 14.8 Å². The maximum atomic E-state index is 13.0. The van der Waals surface area contributed by atoms with Crippen molar-refractivity contribution in [2.24, 2.45) is 0 Å². The van der Waals surface area contributed by atoms with E-state index >= 15 is 0 Å². The average molecular weight is 344 g/mol. The number of hydrogen-bond acceptors (Lipinski definition) is 3. The fourth-order valence-electron chi connectivity index (χ4n) is 3.50. The lowest BCUT2D eigenvalue weighted by Crippen LogP contribution is -2.46. The van der Waals surface area contributed by atoms with Crippen molar-refractivity contribution in [1.82, 2.24) is 15.3 Å². The topological polar surface area (TPSA) is 54.9 Å². The van der Waals surface area contributed by atoms with E-state index in [-0.39, 0.29) is 5.91 Å². The normalized spacial score (nSPS) is 16.5. The molecule has 1 fully saturated rings. The van der Waals surface area contributed by atoms with Crippen molar-refractivity contribution in [1.29, 1.82) is 0 Å². The molecule has 5 heteroatoms. The van der Waals surface area contributed by atoms with Gasteiger partial charge in [-0.1, -0.05) is 43.0 Å². The first-order valence-electron chi connectivity index (χ1n) is 8.50. The van der Waals surface area contributed by atoms with Crippen molar-refractivity contribution in [3.8, 4) is 0 Å². The van der Waals surface area contributed by atoms with Crippen molar-refractivity contribution < 1.29 is 4.79 Å². The van der Waals surface area contributed by atoms with Gasteiger partial charge in [-0.2, -0.15) is 0 Å². The Morgan fingerprint density at radius 1 is 1.12 bits per heavy atom. The third kappa shape index (κ3) is 3.75. The van der Waals surface area contributed by atoms with Crippen LogP contribution in [0.25, 0.3) is 0 Å². The van der Waals surface area contributed by atoms with Gasteiger partial charge >= 0.3 is 0 Å². The summed E-state index contributed by atoms with van der Waals surface area (Å²) in [6, 6.07) is 7.74.